The predicted molar refractivity (Wildman–Crippen MR) is 128 cm³/mol. The van der Waals surface area contributed by atoms with Crippen molar-refractivity contribution in [2.24, 2.45) is 5.73 Å². The number of aromatic amines is 1. The molecule has 33 heavy (non-hydrogen) atoms. The summed E-state index contributed by atoms with van der Waals surface area (Å²) >= 11 is 0. The lowest BCUT2D eigenvalue weighted by atomic mass is 9.87. The Hall–Kier alpha value is -3.81. The summed E-state index contributed by atoms with van der Waals surface area (Å²) in [6, 6.07) is 16.3. The van der Waals surface area contributed by atoms with Gasteiger partial charge in [-0.3, -0.25) is 9.48 Å². The average molecular weight is 444 g/mol. The molecule has 0 bridgehead atoms. The molecule has 170 valence electrons. The molecule has 0 aliphatic carbocycles. The third-order valence-corrected chi connectivity index (χ3v) is 5.60. The van der Waals surface area contributed by atoms with Gasteiger partial charge in [0.2, 0.25) is 5.82 Å². The molecule has 4 aromatic rings. The van der Waals surface area contributed by atoms with E-state index in [2.05, 4.69) is 72.6 Å². The molecule has 0 unspecified atom stereocenters. The molecule has 2 aromatic heterocycles. The van der Waals surface area contributed by atoms with E-state index >= 15 is 0 Å². The third-order valence-electron chi connectivity index (χ3n) is 5.60. The summed E-state index contributed by atoms with van der Waals surface area (Å²) in [6.45, 7) is 9.00. The number of aromatic nitrogens is 6. The second kappa shape index (κ2) is 8.97. The van der Waals surface area contributed by atoms with Gasteiger partial charge in [-0.05, 0) is 28.3 Å². The SMILES string of the molecule is CCCn1nc(C(C)(C)C)c(C(N)=O)c1Cc1ccc(-c2ccccc2-c2nn[nH]n2)cc1. The first-order valence-corrected chi connectivity index (χ1v) is 11.1. The molecule has 0 aliphatic heterocycles. The van der Waals surface area contributed by atoms with Crippen LogP contribution in [0, 0.1) is 0 Å². The van der Waals surface area contributed by atoms with Gasteiger partial charge in [0.25, 0.3) is 5.91 Å². The minimum Gasteiger partial charge on any atom is -0.365 e. The molecule has 3 N–H and O–H groups in total. The Labute approximate surface area is 193 Å². The highest BCUT2D eigenvalue weighted by Crippen LogP contribution is 2.31. The number of carbonyl (C=O) groups excluding carboxylic acids is 1. The Bertz CT molecular complexity index is 1250. The van der Waals surface area contributed by atoms with Gasteiger partial charge in [-0.1, -0.05) is 76.2 Å². The fraction of sp³-hybridized carbons (Fsp3) is 0.320. The van der Waals surface area contributed by atoms with Gasteiger partial charge in [-0.2, -0.15) is 10.3 Å². The number of hydrogen-bond acceptors (Lipinski definition) is 5. The van der Waals surface area contributed by atoms with E-state index in [4.69, 9.17) is 10.8 Å². The van der Waals surface area contributed by atoms with E-state index in [1.165, 1.54) is 0 Å². The highest BCUT2D eigenvalue weighted by atomic mass is 16.1. The molecule has 0 aliphatic rings. The predicted octanol–water partition coefficient (Wildman–Crippen LogP) is 4.13. The number of primary amides is 1. The van der Waals surface area contributed by atoms with Crippen LogP contribution in [0.2, 0.25) is 0 Å². The molecular formula is C25H29N7O. The van der Waals surface area contributed by atoms with Crippen molar-refractivity contribution >= 4 is 5.91 Å². The number of aryl methyl sites for hydroxylation is 1. The van der Waals surface area contributed by atoms with Crippen LogP contribution < -0.4 is 5.73 Å². The number of H-pyrrole nitrogens is 1. The summed E-state index contributed by atoms with van der Waals surface area (Å²) in [4.78, 5) is 12.4. The monoisotopic (exact) mass is 443 g/mol. The van der Waals surface area contributed by atoms with E-state index in [0.29, 0.717) is 17.8 Å². The Morgan fingerprint density at radius 3 is 2.33 bits per heavy atom. The molecule has 8 nitrogen and oxygen atoms in total. The van der Waals surface area contributed by atoms with Gasteiger partial charge in [-0.15, -0.1) is 10.2 Å². The molecule has 0 saturated carbocycles. The largest absolute Gasteiger partial charge is 0.365 e. The number of carbonyl (C=O) groups is 1. The van der Waals surface area contributed by atoms with Crippen LogP contribution in [0.1, 0.15) is 61.4 Å². The van der Waals surface area contributed by atoms with Crippen molar-refractivity contribution in [3.63, 3.8) is 0 Å². The third kappa shape index (κ3) is 4.55. The first-order chi connectivity index (χ1) is 15.8. The molecule has 0 radical (unpaired) electrons. The van der Waals surface area contributed by atoms with Crippen molar-refractivity contribution in [2.45, 2.75) is 52.5 Å². The lowest BCUT2D eigenvalue weighted by molar-refractivity contribution is 0.0997. The number of tetrazole rings is 1. The van der Waals surface area contributed by atoms with Gasteiger partial charge < -0.3 is 5.73 Å². The van der Waals surface area contributed by atoms with Crippen LogP contribution in [0.5, 0.6) is 0 Å². The summed E-state index contributed by atoms with van der Waals surface area (Å²) in [7, 11) is 0. The van der Waals surface area contributed by atoms with Crippen LogP contribution in [-0.4, -0.2) is 36.3 Å². The first kappa shape index (κ1) is 22.4. The summed E-state index contributed by atoms with van der Waals surface area (Å²) in [6.07, 6.45) is 1.50. The van der Waals surface area contributed by atoms with E-state index in [1.807, 2.05) is 28.9 Å². The van der Waals surface area contributed by atoms with Crippen LogP contribution in [0.15, 0.2) is 48.5 Å². The van der Waals surface area contributed by atoms with E-state index in [9.17, 15) is 4.79 Å². The van der Waals surface area contributed by atoms with Gasteiger partial charge in [0.05, 0.1) is 17.0 Å². The summed E-state index contributed by atoms with van der Waals surface area (Å²) in [5, 5.41) is 19.2. The lowest BCUT2D eigenvalue weighted by Gasteiger charge is -2.16. The molecule has 4 rings (SSSR count). The van der Waals surface area contributed by atoms with Crippen molar-refractivity contribution in [1.29, 1.82) is 0 Å². The van der Waals surface area contributed by atoms with E-state index < -0.39 is 5.91 Å². The minimum atomic E-state index is -0.428. The zero-order chi connectivity index (χ0) is 23.6. The highest BCUT2D eigenvalue weighted by Gasteiger charge is 2.29. The van der Waals surface area contributed by atoms with Gasteiger partial charge >= 0.3 is 0 Å². The van der Waals surface area contributed by atoms with Crippen LogP contribution in [0.3, 0.4) is 0 Å². The minimum absolute atomic E-state index is 0.277. The van der Waals surface area contributed by atoms with Crippen LogP contribution in [-0.2, 0) is 18.4 Å². The summed E-state index contributed by atoms with van der Waals surface area (Å²) < 4.78 is 1.94. The second-order valence-electron chi connectivity index (χ2n) is 9.16. The van der Waals surface area contributed by atoms with Crippen molar-refractivity contribution in [3.05, 3.63) is 71.0 Å². The quantitative estimate of drug-likeness (QED) is 0.446. The second-order valence-corrected chi connectivity index (χ2v) is 9.16. The topological polar surface area (TPSA) is 115 Å². The summed E-state index contributed by atoms with van der Waals surface area (Å²) in [5.41, 5.74) is 11.8. The smallest absolute Gasteiger partial charge is 0.252 e. The maximum absolute atomic E-state index is 12.4. The lowest BCUT2D eigenvalue weighted by Crippen LogP contribution is -2.21. The fourth-order valence-electron chi connectivity index (χ4n) is 4.06. The number of nitrogens with two attached hydrogens (primary N) is 1. The molecule has 0 spiro atoms. The zero-order valence-electron chi connectivity index (χ0n) is 19.5. The Morgan fingerprint density at radius 2 is 1.76 bits per heavy atom. The molecule has 1 amide bonds. The normalized spacial score (nSPS) is 11.6. The van der Waals surface area contributed by atoms with Crippen LogP contribution in [0.4, 0.5) is 0 Å². The highest BCUT2D eigenvalue weighted by molar-refractivity contribution is 5.95. The van der Waals surface area contributed by atoms with Crippen molar-refractivity contribution < 1.29 is 4.79 Å². The van der Waals surface area contributed by atoms with Crippen molar-refractivity contribution in [1.82, 2.24) is 30.4 Å². The van der Waals surface area contributed by atoms with Gasteiger partial charge in [0.1, 0.15) is 0 Å². The Balaban J connectivity index is 1.70. The molecule has 2 heterocycles. The molecule has 2 aromatic carbocycles. The van der Waals surface area contributed by atoms with Crippen molar-refractivity contribution in [3.8, 4) is 22.5 Å². The molecule has 0 fully saturated rings. The van der Waals surface area contributed by atoms with E-state index in [0.717, 1.165) is 46.6 Å². The Morgan fingerprint density at radius 1 is 1.06 bits per heavy atom. The van der Waals surface area contributed by atoms with Gasteiger partial charge in [0, 0.05) is 23.9 Å². The average Bonchev–Trinajstić information content (AvgIpc) is 3.43. The summed E-state index contributed by atoms with van der Waals surface area (Å²) in [5.74, 6) is 0.127. The molecule has 0 saturated heterocycles. The van der Waals surface area contributed by atoms with Crippen molar-refractivity contribution in [2.75, 3.05) is 0 Å². The maximum atomic E-state index is 12.4. The number of hydrogen-bond donors (Lipinski definition) is 2. The molecular weight excluding hydrogens is 414 g/mol. The number of nitrogens with zero attached hydrogens (tertiary/aromatic N) is 5. The van der Waals surface area contributed by atoms with Crippen LogP contribution >= 0.6 is 0 Å². The maximum Gasteiger partial charge on any atom is 0.252 e. The number of nitrogens with one attached hydrogen (secondary N) is 1. The Kier molecular flexibility index (Phi) is 6.09. The number of benzene rings is 2. The standard InChI is InChI=1S/C25H29N7O/c1-5-14-32-20(21(23(26)33)22(29-32)25(2,3)4)15-16-10-12-17(13-11-16)18-8-6-7-9-19(18)24-27-30-31-28-24/h6-13H,5,14-15H2,1-4H3,(H2,26,33)(H,27,28,30,31). The fourth-order valence-corrected chi connectivity index (χ4v) is 4.06. The van der Waals surface area contributed by atoms with Gasteiger partial charge in [-0.25, -0.2) is 0 Å². The molecule has 8 heteroatoms. The number of amides is 1. The molecule has 0 atom stereocenters. The van der Waals surface area contributed by atoms with E-state index in [1.54, 1.807) is 0 Å². The van der Waals surface area contributed by atoms with Gasteiger partial charge in [0.15, 0.2) is 0 Å². The zero-order valence-corrected chi connectivity index (χ0v) is 19.5. The van der Waals surface area contributed by atoms with E-state index in [-0.39, 0.29) is 5.41 Å². The number of rotatable bonds is 7. The first-order valence-electron chi connectivity index (χ1n) is 11.1. The van der Waals surface area contributed by atoms with Crippen LogP contribution in [0.25, 0.3) is 22.5 Å².